The van der Waals surface area contributed by atoms with E-state index in [-0.39, 0.29) is 11.9 Å². The van der Waals surface area contributed by atoms with Crippen molar-refractivity contribution in [3.8, 4) is 11.3 Å². The molecule has 3 aromatic rings. The molecule has 0 saturated carbocycles. The van der Waals surface area contributed by atoms with E-state index in [1.807, 2.05) is 66.9 Å². The second kappa shape index (κ2) is 9.72. The first-order valence-electron chi connectivity index (χ1n) is 10.2. The van der Waals surface area contributed by atoms with E-state index in [1.54, 1.807) is 16.2 Å². The van der Waals surface area contributed by atoms with Crippen molar-refractivity contribution in [1.82, 2.24) is 14.8 Å². The Kier molecular flexibility index (Phi) is 6.59. The number of rotatable bonds is 5. The number of hydrogen-bond acceptors (Lipinski definition) is 5. The number of anilines is 2. The zero-order valence-electron chi connectivity index (χ0n) is 17.4. The van der Waals surface area contributed by atoms with Crippen LogP contribution in [0.15, 0.2) is 60.0 Å². The molecule has 1 saturated heterocycles. The third-order valence-electron chi connectivity index (χ3n) is 5.14. The molecule has 0 spiro atoms. The Bertz CT molecular complexity index is 1030. The monoisotopic (exact) mass is 435 g/mol. The lowest BCUT2D eigenvalue weighted by atomic mass is 10.1. The van der Waals surface area contributed by atoms with Gasteiger partial charge in [0.25, 0.3) is 0 Å². The van der Waals surface area contributed by atoms with Gasteiger partial charge in [-0.25, -0.2) is 9.78 Å². The number of piperazine rings is 1. The summed E-state index contributed by atoms with van der Waals surface area (Å²) in [7, 11) is 0. The molecular weight excluding hydrogens is 410 g/mol. The Balaban J connectivity index is 1.23. The molecule has 31 heavy (non-hydrogen) atoms. The average Bonchev–Trinajstić information content (AvgIpc) is 3.21. The molecule has 0 aliphatic carbocycles. The minimum Gasteiger partial charge on any atom is -0.325 e. The van der Waals surface area contributed by atoms with E-state index in [1.165, 1.54) is 0 Å². The van der Waals surface area contributed by atoms with Gasteiger partial charge in [0.05, 0.1) is 17.2 Å². The van der Waals surface area contributed by atoms with E-state index < -0.39 is 0 Å². The standard InChI is InChI=1S/C23H25N5O2S/c1-17-24-21(16-31-17)18-7-9-20(10-8-18)26-23(30)28-13-11-27(12-14-28)15-22(29)25-19-5-3-2-4-6-19/h2-10,16H,11-15H2,1H3,(H,25,29)(H,26,30). The number of nitrogens with one attached hydrogen (secondary N) is 2. The smallest absolute Gasteiger partial charge is 0.321 e. The van der Waals surface area contributed by atoms with Crippen molar-refractivity contribution < 1.29 is 9.59 Å². The zero-order chi connectivity index (χ0) is 21.6. The highest BCUT2D eigenvalue weighted by Gasteiger charge is 2.22. The fourth-order valence-corrected chi connectivity index (χ4v) is 4.08. The number of carbonyl (C=O) groups is 2. The number of benzene rings is 2. The van der Waals surface area contributed by atoms with Gasteiger partial charge in [0.2, 0.25) is 5.91 Å². The van der Waals surface area contributed by atoms with Crippen LogP contribution in [-0.4, -0.2) is 59.4 Å². The minimum absolute atomic E-state index is 0.0421. The van der Waals surface area contributed by atoms with Crippen LogP contribution in [0.25, 0.3) is 11.3 Å². The fourth-order valence-electron chi connectivity index (χ4n) is 3.46. The molecule has 1 aliphatic heterocycles. The fraction of sp³-hybridized carbons (Fsp3) is 0.261. The van der Waals surface area contributed by atoms with E-state index in [4.69, 9.17) is 0 Å². The highest BCUT2D eigenvalue weighted by Crippen LogP contribution is 2.23. The van der Waals surface area contributed by atoms with Crippen molar-refractivity contribution in [3.05, 3.63) is 65.0 Å². The van der Waals surface area contributed by atoms with Gasteiger partial charge >= 0.3 is 6.03 Å². The zero-order valence-corrected chi connectivity index (χ0v) is 18.2. The number of amides is 3. The van der Waals surface area contributed by atoms with Gasteiger partial charge in [0.15, 0.2) is 0 Å². The second-order valence-corrected chi connectivity index (χ2v) is 8.50. The van der Waals surface area contributed by atoms with E-state index in [0.717, 1.165) is 27.6 Å². The third kappa shape index (κ3) is 5.68. The van der Waals surface area contributed by atoms with Gasteiger partial charge < -0.3 is 15.5 Å². The molecule has 4 rings (SSSR count). The minimum atomic E-state index is -0.120. The van der Waals surface area contributed by atoms with Crippen molar-refractivity contribution in [2.75, 3.05) is 43.4 Å². The molecule has 0 atom stereocenters. The predicted molar refractivity (Wildman–Crippen MR) is 124 cm³/mol. The summed E-state index contributed by atoms with van der Waals surface area (Å²) in [5, 5.41) is 8.91. The predicted octanol–water partition coefficient (Wildman–Crippen LogP) is 3.91. The van der Waals surface area contributed by atoms with E-state index in [2.05, 4.69) is 20.5 Å². The van der Waals surface area contributed by atoms with Crippen molar-refractivity contribution >= 4 is 34.6 Å². The number of aromatic nitrogens is 1. The Hall–Kier alpha value is -3.23. The first-order chi connectivity index (χ1) is 15.1. The van der Waals surface area contributed by atoms with Crippen molar-refractivity contribution in [3.63, 3.8) is 0 Å². The first kappa shape index (κ1) is 21.0. The molecule has 2 heterocycles. The number of carbonyl (C=O) groups excluding carboxylic acids is 2. The van der Waals surface area contributed by atoms with Crippen LogP contribution in [-0.2, 0) is 4.79 Å². The van der Waals surface area contributed by atoms with Crippen LogP contribution >= 0.6 is 11.3 Å². The lowest BCUT2D eigenvalue weighted by molar-refractivity contribution is -0.117. The number of urea groups is 1. The summed E-state index contributed by atoms with van der Waals surface area (Å²) in [6.45, 7) is 4.80. The number of aryl methyl sites for hydroxylation is 1. The van der Waals surface area contributed by atoms with Crippen LogP contribution in [0, 0.1) is 6.92 Å². The second-order valence-electron chi connectivity index (χ2n) is 7.44. The average molecular weight is 436 g/mol. The molecule has 1 aromatic heterocycles. The maximum atomic E-state index is 12.6. The maximum Gasteiger partial charge on any atom is 0.321 e. The Morgan fingerprint density at radius 2 is 1.61 bits per heavy atom. The third-order valence-corrected chi connectivity index (χ3v) is 5.91. The summed E-state index contributed by atoms with van der Waals surface area (Å²) < 4.78 is 0. The molecule has 1 fully saturated rings. The molecular formula is C23H25N5O2S. The number of hydrogen-bond donors (Lipinski definition) is 2. The lowest BCUT2D eigenvalue weighted by Gasteiger charge is -2.34. The Morgan fingerprint density at radius 3 is 2.26 bits per heavy atom. The van der Waals surface area contributed by atoms with Crippen LogP contribution in [0.1, 0.15) is 5.01 Å². The first-order valence-corrected chi connectivity index (χ1v) is 11.1. The Morgan fingerprint density at radius 1 is 0.935 bits per heavy atom. The topological polar surface area (TPSA) is 77.6 Å². The number of nitrogens with zero attached hydrogens (tertiary/aromatic N) is 3. The van der Waals surface area contributed by atoms with Gasteiger partial charge in [-0.2, -0.15) is 0 Å². The van der Waals surface area contributed by atoms with E-state index >= 15 is 0 Å². The Labute approximate surface area is 185 Å². The SMILES string of the molecule is Cc1nc(-c2ccc(NC(=O)N3CCN(CC(=O)Nc4ccccc4)CC3)cc2)cs1. The van der Waals surface area contributed by atoms with Crippen LogP contribution in [0.4, 0.5) is 16.2 Å². The number of thiazole rings is 1. The van der Waals surface area contributed by atoms with Gasteiger partial charge in [-0.15, -0.1) is 11.3 Å². The van der Waals surface area contributed by atoms with Gasteiger partial charge in [-0.1, -0.05) is 30.3 Å². The molecule has 3 amide bonds. The summed E-state index contributed by atoms with van der Waals surface area (Å²) in [4.78, 5) is 33.2. The molecule has 8 heteroatoms. The van der Waals surface area contributed by atoms with Crippen LogP contribution < -0.4 is 10.6 Å². The highest BCUT2D eigenvalue weighted by molar-refractivity contribution is 7.09. The lowest BCUT2D eigenvalue weighted by Crippen LogP contribution is -2.51. The van der Waals surface area contributed by atoms with Gasteiger partial charge in [0, 0.05) is 48.5 Å². The molecule has 0 unspecified atom stereocenters. The number of para-hydroxylation sites is 1. The van der Waals surface area contributed by atoms with Crippen LogP contribution in [0.5, 0.6) is 0 Å². The largest absolute Gasteiger partial charge is 0.325 e. The van der Waals surface area contributed by atoms with Gasteiger partial charge in [-0.05, 0) is 31.2 Å². The van der Waals surface area contributed by atoms with Crippen LogP contribution in [0.2, 0.25) is 0 Å². The summed E-state index contributed by atoms with van der Waals surface area (Å²) >= 11 is 1.62. The van der Waals surface area contributed by atoms with Crippen molar-refractivity contribution in [2.45, 2.75) is 6.92 Å². The molecule has 160 valence electrons. The molecule has 2 N–H and O–H groups in total. The molecule has 1 aliphatic rings. The quantitative estimate of drug-likeness (QED) is 0.637. The van der Waals surface area contributed by atoms with E-state index in [9.17, 15) is 9.59 Å². The molecule has 7 nitrogen and oxygen atoms in total. The van der Waals surface area contributed by atoms with Crippen molar-refractivity contribution in [2.24, 2.45) is 0 Å². The summed E-state index contributed by atoms with van der Waals surface area (Å²) in [5.74, 6) is -0.0421. The summed E-state index contributed by atoms with van der Waals surface area (Å²) in [6.07, 6.45) is 0. The van der Waals surface area contributed by atoms with Crippen molar-refractivity contribution in [1.29, 1.82) is 0 Å². The normalized spacial score (nSPS) is 14.3. The van der Waals surface area contributed by atoms with Gasteiger partial charge in [0.1, 0.15) is 0 Å². The van der Waals surface area contributed by atoms with Crippen LogP contribution in [0.3, 0.4) is 0 Å². The molecule has 0 bridgehead atoms. The van der Waals surface area contributed by atoms with E-state index in [0.29, 0.717) is 32.7 Å². The summed E-state index contributed by atoms with van der Waals surface area (Å²) in [5.41, 5.74) is 3.53. The summed E-state index contributed by atoms with van der Waals surface area (Å²) in [6, 6.07) is 17.0. The van der Waals surface area contributed by atoms with Gasteiger partial charge in [-0.3, -0.25) is 9.69 Å². The highest BCUT2D eigenvalue weighted by atomic mass is 32.1. The molecule has 2 aromatic carbocycles. The molecule has 0 radical (unpaired) electrons. The maximum absolute atomic E-state index is 12.6.